The summed E-state index contributed by atoms with van der Waals surface area (Å²) in [7, 11) is 1.55. The van der Waals surface area contributed by atoms with Crippen LogP contribution in [-0.4, -0.2) is 20.9 Å². The summed E-state index contributed by atoms with van der Waals surface area (Å²) in [6.07, 6.45) is 3.38. The topological polar surface area (TPSA) is 72.5 Å². The highest BCUT2D eigenvalue weighted by atomic mass is 35.7. The molecule has 0 bridgehead atoms. The molecule has 21 heavy (non-hydrogen) atoms. The molecule has 0 fully saturated rings. The van der Waals surface area contributed by atoms with Crippen molar-refractivity contribution in [2.24, 2.45) is 0 Å². The molecule has 2 rings (SSSR count). The zero-order valence-corrected chi connectivity index (χ0v) is 13.3. The van der Waals surface area contributed by atoms with E-state index in [0.29, 0.717) is 24.3 Å². The number of carbonyl (C=O) groups excluding carboxylic acids is 1. The average Bonchev–Trinajstić information content (AvgIpc) is 2.80. The van der Waals surface area contributed by atoms with Crippen LogP contribution in [0, 0.1) is 0 Å². The predicted molar refractivity (Wildman–Crippen MR) is 80.0 cm³/mol. The van der Waals surface area contributed by atoms with Crippen molar-refractivity contribution in [1.82, 2.24) is 5.32 Å². The number of amides is 1. The summed E-state index contributed by atoms with van der Waals surface area (Å²) < 4.78 is 28.2. The van der Waals surface area contributed by atoms with Gasteiger partial charge in [0, 0.05) is 22.7 Å². The van der Waals surface area contributed by atoms with Gasteiger partial charge in [0.2, 0.25) is 5.91 Å². The lowest BCUT2D eigenvalue weighted by Crippen LogP contribution is -2.29. The molecule has 1 unspecified atom stereocenters. The Kier molecular flexibility index (Phi) is 5.11. The van der Waals surface area contributed by atoms with Crippen molar-refractivity contribution < 1.29 is 17.9 Å². The Hall–Kier alpha value is -1.27. The van der Waals surface area contributed by atoms with Gasteiger partial charge in [0.25, 0.3) is 9.05 Å². The van der Waals surface area contributed by atoms with Crippen molar-refractivity contribution in [3.05, 3.63) is 23.8 Å². The molecule has 0 aliphatic carbocycles. The smallest absolute Gasteiger partial charge is 0.261 e. The Labute approximate surface area is 129 Å². The fourth-order valence-corrected chi connectivity index (χ4v) is 3.05. The predicted octanol–water partition coefficient (Wildman–Crippen LogP) is 2.74. The molecule has 0 spiro atoms. The molecule has 1 N–H and O–H groups in total. The second kappa shape index (κ2) is 6.66. The number of benzene rings is 1. The molecule has 1 atom stereocenters. The molecule has 5 nitrogen and oxygen atoms in total. The first-order valence-electron chi connectivity index (χ1n) is 6.92. The normalized spacial score (nSPS) is 17.1. The van der Waals surface area contributed by atoms with Crippen molar-refractivity contribution in [3.63, 3.8) is 0 Å². The molecule has 1 aliphatic heterocycles. The van der Waals surface area contributed by atoms with E-state index in [-0.39, 0.29) is 16.8 Å². The number of ether oxygens (including phenoxy) is 1. The SMILES string of the molecule is CCCCCC(=O)NC1COc2ccc(S(=O)(=O)Cl)cc21. The number of halogens is 1. The Balaban J connectivity index is 2.08. The number of hydrogen-bond acceptors (Lipinski definition) is 4. The minimum absolute atomic E-state index is 0.0126. The minimum Gasteiger partial charge on any atom is -0.491 e. The lowest BCUT2D eigenvalue weighted by atomic mass is 10.1. The van der Waals surface area contributed by atoms with Gasteiger partial charge in [0.15, 0.2) is 0 Å². The third kappa shape index (κ3) is 4.11. The summed E-state index contributed by atoms with van der Waals surface area (Å²) in [4.78, 5) is 11.9. The van der Waals surface area contributed by atoms with E-state index in [9.17, 15) is 13.2 Å². The second-order valence-electron chi connectivity index (χ2n) is 5.03. The minimum atomic E-state index is -3.79. The molecule has 0 aromatic heterocycles. The monoisotopic (exact) mass is 331 g/mol. The van der Waals surface area contributed by atoms with Gasteiger partial charge in [0.1, 0.15) is 12.4 Å². The molecule has 1 heterocycles. The van der Waals surface area contributed by atoms with Crippen LogP contribution >= 0.6 is 10.7 Å². The summed E-state index contributed by atoms with van der Waals surface area (Å²) in [5.41, 5.74) is 0.653. The average molecular weight is 332 g/mol. The molecule has 0 saturated carbocycles. The molecular weight excluding hydrogens is 314 g/mol. The maximum Gasteiger partial charge on any atom is 0.261 e. The second-order valence-corrected chi connectivity index (χ2v) is 7.59. The molecule has 0 radical (unpaired) electrons. The van der Waals surface area contributed by atoms with Gasteiger partial charge in [-0.25, -0.2) is 8.42 Å². The van der Waals surface area contributed by atoms with Gasteiger partial charge in [0.05, 0.1) is 10.9 Å². The van der Waals surface area contributed by atoms with Crippen molar-refractivity contribution in [2.45, 2.75) is 43.5 Å². The van der Waals surface area contributed by atoms with Gasteiger partial charge < -0.3 is 10.1 Å². The highest BCUT2D eigenvalue weighted by molar-refractivity contribution is 8.13. The van der Waals surface area contributed by atoms with Crippen LogP contribution in [0.25, 0.3) is 0 Å². The zero-order chi connectivity index (χ0) is 15.5. The van der Waals surface area contributed by atoms with E-state index in [1.54, 1.807) is 6.07 Å². The first-order chi connectivity index (χ1) is 9.91. The largest absolute Gasteiger partial charge is 0.491 e. The summed E-state index contributed by atoms with van der Waals surface area (Å²) in [5.74, 6) is 0.530. The van der Waals surface area contributed by atoms with E-state index in [1.165, 1.54) is 12.1 Å². The molecule has 1 aliphatic rings. The lowest BCUT2D eigenvalue weighted by molar-refractivity contribution is -0.122. The van der Waals surface area contributed by atoms with Crippen LogP contribution in [0.15, 0.2) is 23.1 Å². The van der Waals surface area contributed by atoms with Crippen LogP contribution in [0.3, 0.4) is 0 Å². The third-order valence-corrected chi connectivity index (χ3v) is 4.74. The summed E-state index contributed by atoms with van der Waals surface area (Å²) in [6.45, 7) is 2.38. The Morgan fingerprint density at radius 3 is 2.86 bits per heavy atom. The number of carbonyl (C=O) groups is 1. The van der Waals surface area contributed by atoms with Crippen LogP contribution in [0.2, 0.25) is 0 Å². The van der Waals surface area contributed by atoms with Crippen LogP contribution < -0.4 is 10.1 Å². The van der Waals surface area contributed by atoms with Gasteiger partial charge in [-0.15, -0.1) is 0 Å². The number of hydrogen-bond donors (Lipinski definition) is 1. The number of unbranched alkanes of at least 4 members (excludes halogenated alkanes) is 2. The molecular formula is C14H18ClNO4S. The Bertz CT molecular complexity index is 630. The van der Waals surface area contributed by atoms with E-state index in [1.807, 2.05) is 0 Å². The van der Waals surface area contributed by atoms with Crippen molar-refractivity contribution >= 4 is 25.6 Å². The molecule has 116 valence electrons. The number of nitrogens with one attached hydrogen (secondary N) is 1. The van der Waals surface area contributed by atoms with Crippen LogP contribution in [0.4, 0.5) is 0 Å². The Morgan fingerprint density at radius 2 is 2.19 bits per heavy atom. The molecule has 7 heteroatoms. The highest BCUT2D eigenvalue weighted by Gasteiger charge is 2.27. The van der Waals surface area contributed by atoms with Gasteiger partial charge in [-0.3, -0.25) is 4.79 Å². The van der Waals surface area contributed by atoms with Gasteiger partial charge in [-0.05, 0) is 24.6 Å². The van der Waals surface area contributed by atoms with Gasteiger partial charge in [-0.1, -0.05) is 19.8 Å². The summed E-state index contributed by atoms with van der Waals surface area (Å²) in [5, 5.41) is 2.87. The van der Waals surface area contributed by atoms with Crippen molar-refractivity contribution in [3.8, 4) is 5.75 Å². The quantitative estimate of drug-likeness (QED) is 0.642. The molecule has 1 amide bonds. The van der Waals surface area contributed by atoms with E-state index >= 15 is 0 Å². The standard InChI is InChI=1S/C14H18ClNO4S/c1-2-3-4-5-14(17)16-12-9-20-13-7-6-10(8-11(12)13)21(15,18)19/h6-8,12H,2-5,9H2,1H3,(H,16,17). The molecule has 0 saturated heterocycles. The maximum absolute atomic E-state index is 11.9. The van der Waals surface area contributed by atoms with Gasteiger partial charge in [-0.2, -0.15) is 0 Å². The fourth-order valence-electron chi connectivity index (χ4n) is 2.27. The fraction of sp³-hybridized carbons (Fsp3) is 0.500. The van der Waals surface area contributed by atoms with Crippen molar-refractivity contribution in [2.75, 3.05) is 6.61 Å². The van der Waals surface area contributed by atoms with E-state index in [0.717, 1.165) is 19.3 Å². The first-order valence-corrected chi connectivity index (χ1v) is 9.23. The molecule has 1 aromatic rings. The van der Waals surface area contributed by atoms with E-state index < -0.39 is 9.05 Å². The summed E-state index contributed by atoms with van der Waals surface area (Å²) in [6, 6.07) is 4.09. The van der Waals surface area contributed by atoms with Crippen LogP contribution in [0.5, 0.6) is 5.75 Å². The highest BCUT2D eigenvalue weighted by Crippen LogP contribution is 2.34. The number of rotatable bonds is 6. The summed E-state index contributed by atoms with van der Waals surface area (Å²) >= 11 is 0. The van der Waals surface area contributed by atoms with E-state index in [4.69, 9.17) is 15.4 Å². The van der Waals surface area contributed by atoms with Crippen molar-refractivity contribution in [1.29, 1.82) is 0 Å². The molecule has 1 aromatic carbocycles. The van der Waals surface area contributed by atoms with E-state index in [2.05, 4.69) is 12.2 Å². The number of fused-ring (bicyclic) bond motifs is 1. The van der Waals surface area contributed by atoms with Gasteiger partial charge >= 0.3 is 0 Å². The first kappa shape index (κ1) is 16.1. The van der Waals surface area contributed by atoms with Crippen LogP contribution in [0.1, 0.15) is 44.2 Å². The Morgan fingerprint density at radius 1 is 1.43 bits per heavy atom. The third-order valence-electron chi connectivity index (χ3n) is 3.39. The zero-order valence-electron chi connectivity index (χ0n) is 11.8. The van der Waals surface area contributed by atoms with Crippen LogP contribution in [-0.2, 0) is 13.8 Å². The maximum atomic E-state index is 11.9. The lowest BCUT2D eigenvalue weighted by Gasteiger charge is -2.12.